The van der Waals surface area contributed by atoms with E-state index in [4.69, 9.17) is 10.2 Å². The second-order valence-electron chi connectivity index (χ2n) is 4.72. The molecule has 0 bridgehead atoms. The first-order valence-corrected chi connectivity index (χ1v) is 7.06. The third kappa shape index (κ3) is 1.91. The van der Waals surface area contributed by atoms with E-state index in [1.165, 1.54) is 29.7 Å². The Morgan fingerprint density at radius 1 is 1.28 bits per heavy atom. The number of nitrogens with zero attached hydrogens (tertiary/aromatic N) is 2. The molecule has 2 aromatic rings. The lowest BCUT2D eigenvalue weighted by molar-refractivity contribution is 0.666. The molecule has 0 amide bonds. The molecule has 0 aliphatic heterocycles. The zero-order chi connectivity index (χ0) is 12.5. The standard InChI is InChI=1S/C15H13BrN2/c16-10-5-6-15-13(9-10)11(7-8-17)12-3-1-2-4-14(12)18-15/h5-6,9H,1-4,7H2. The zero-order valence-corrected chi connectivity index (χ0v) is 11.6. The van der Waals surface area contributed by atoms with Crippen LogP contribution in [0.25, 0.3) is 10.9 Å². The Hall–Kier alpha value is -1.40. The fraction of sp³-hybridized carbons (Fsp3) is 0.333. The Bertz CT molecular complexity index is 656. The van der Waals surface area contributed by atoms with Gasteiger partial charge in [0.2, 0.25) is 0 Å². The first kappa shape index (κ1) is 11.7. The molecular formula is C15H13BrN2. The number of halogens is 1. The van der Waals surface area contributed by atoms with Gasteiger partial charge in [0.15, 0.2) is 0 Å². The zero-order valence-electron chi connectivity index (χ0n) is 10.0. The smallest absolute Gasteiger partial charge is 0.0709 e. The molecule has 1 aromatic carbocycles. The topological polar surface area (TPSA) is 36.7 Å². The molecular weight excluding hydrogens is 288 g/mol. The summed E-state index contributed by atoms with van der Waals surface area (Å²) in [6.07, 6.45) is 5.04. The van der Waals surface area contributed by atoms with Crippen molar-refractivity contribution in [1.82, 2.24) is 4.98 Å². The Labute approximate surface area is 115 Å². The fourth-order valence-corrected chi connectivity index (χ4v) is 3.14. The molecule has 1 aliphatic carbocycles. The Morgan fingerprint density at radius 3 is 2.94 bits per heavy atom. The highest BCUT2D eigenvalue weighted by molar-refractivity contribution is 9.10. The van der Waals surface area contributed by atoms with Crippen LogP contribution >= 0.6 is 15.9 Å². The maximum atomic E-state index is 9.07. The van der Waals surface area contributed by atoms with E-state index in [9.17, 15) is 0 Å². The normalized spacial score (nSPS) is 14.2. The van der Waals surface area contributed by atoms with Crippen LogP contribution in [0.2, 0.25) is 0 Å². The highest BCUT2D eigenvalue weighted by atomic mass is 79.9. The molecule has 0 spiro atoms. The summed E-state index contributed by atoms with van der Waals surface area (Å²) in [6, 6.07) is 8.44. The van der Waals surface area contributed by atoms with Gasteiger partial charge in [-0.25, -0.2) is 0 Å². The molecule has 0 radical (unpaired) electrons. The van der Waals surface area contributed by atoms with Crippen molar-refractivity contribution >= 4 is 26.8 Å². The van der Waals surface area contributed by atoms with E-state index in [0.29, 0.717) is 6.42 Å². The maximum absolute atomic E-state index is 9.07. The van der Waals surface area contributed by atoms with Crippen LogP contribution in [-0.4, -0.2) is 4.98 Å². The van der Waals surface area contributed by atoms with Crippen molar-refractivity contribution in [2.75, 3.05) is 0 Å². The van der Waals surface area contributed by atoms with Gasteiger partial charge < -0.3 is 0 Å². The molecule has 3 heteroatoms. The Morgan fingerprint density at radius 2 is 2.11 bits per heavy atom. The van der Waals surface area contributed by atoms with Crippen molar-refractivity contribution in [3.8, 4) is 6.07 Å². The highest BCUT2D eigenvalue weighted by Gasteiger charge is 2.17. The molecule has 0 N–H and O–H groups in total. The van der Waals surface area contributed by atoms with Crippen LogP contribution in [0, 0.1) is 11.3 Å². The van der Waals surface area contributed by atoms with Gasteiger partial charge in [-0.2, -0.15) is 5.26 Å². The van der Waals surface area contributed by atoms with Crippen LogP contribution < -0.4 is 0 Å². The third-order valence-corrected chi connectivity index (χ3v) is 4.09. The predicted octanol–water partition coefficient (Wildman–Crippen LogP) is 3.94. The highest BCUT2D eigenvalue weighted by Crippen LogP contribution is 2.30. The van der Waals surface area contributed by atoms with E-state index in [1.54, 1.807) is 0 Å². The van der Waals surface area contributed by atoms with Crippen LogP contribution in [0.4, 0.5) is 0 Å². The van der Waals surface area contributed by atoms with Crippen molar-refractivity contribution in [2.24, 2.45) is 0 Å². The number of nitriles is 1. The molecule has 90 valence electrons. The van der Waals surface area contributed by atoms with E-state index < -0.39 is 0 Å². The van der Waals surface area contributed by atoms with Gasteiger partial charge in [0, 0.05) is 15.6 Å². The Balaban J connectivity index is 2.34. The average Bonchev–Trinajstić information content (AvgIpc) is 2.39. The monoisotopic (exact) mass is 300 g/mol. The van der Waals surface area contributed by atoms with Crippen molar-refractivity contribution < 1.29 is 0 Å². The molecule has 0 saturated heterocycles. The van der Waals surface area contributed by atoms with Crippen LogP contribution in [0.15, 0.2) is 22.7 Å². The molecule has 0 unspecified atom stereocenters. The number of aromatic nitrogens is 1. The van der Waals surface area contributed by atoms with Crippen LogP contribution in [0.3, 0.4) is 0 Å². The summed E-state index contributed by atoms with van der Waals surface area (Å²) in [5.74, 6) is 0. The number of fused-ring (bicyclic) bond motifs is 2. The lowest BCUT2D eigenvalue weighted by atomic mass is 9.89. The summed E-state index contributed by atoms with van der Waals surface area (Å²) < 4.78 is 1.05. The fourth-order valence-electron chi connectivity index (χ4n) is 2.77. The summed E-state index contributed by atoms with van der Waals surface area (Å²) in [7, 11) is 0. The molecule has 1 aromatic heterocycles. The summed E-state index contributed by atoms with van der Waals surface area (Å²) in [6.45, 7) is 0. The number of aryl methyl sites for hydroxylation is 1. The van der Waals surface area contributed by atoms with E-state index in [1.807, 2.05) is 12.1 Å². The van der Waals surface area contributed by atoms with E-state index in [0.717, 1.165) is 28.2 Å². The summed E-state index contributed by atoms with van der Waals surface area (Å²) >= 11 is 3.50. The minimum atomic E-state index is 0.484. The molecule has 18 heavy (non-hydrogen) atoms. The van der Waals surface area contributed by atoms with E-state index in [-0.39, 0.29) is 0 Å². The second kappa shape index (κ2) is 4.70. The lowest BCUT2D eigenvalue weighted by Crippen LogP contribution is -2.09. The van der Waals surface area contributed by atoms with E-state index >= 15 is 0 Å². The summed E-state index contributed by atoms with van der Waals surface area (Å²) in [5, 5.41) is 10.2. The second-order valence-corrected chi connectivity index (χ2v) is 5.63. The Kier molecular flexibility index (Phi) is 3.05. The van der Waals surface area contributed by atoms with Gasteiger partial charge in [-0.1, -0.05) is 15.9 Å². The van der Waals surface area contributed by atoms with Gasteiger partial charge in [0.1, 0.15) is 0 Å². The number of pyridine rings is 1. The number of hydrogen-bond acceptors (Lipinski definition) is 2. The van der Waals surface area contributed by atoms with Gasteiger partial charge in [-0.05, 0) is 55.0 Å². The van der Waals surface area contributed by atoms with Crippen LogP contribution in [-0.2, 0) is 19.3 Å². The molecule has 1 heterocycles. The molecule has 0 atom stereocenters. The lowest BCUT2D eigenvalue weighted by Gasteiger charge is -2.19. The minimum absolute atomic E-state index is 0.484. The van der Waals surface area contributed by atoms with Gasteiger partial charge in [-0.15, -0.1) is 0 Å². The van der Waals surface area contributed by atoms with Gasteiger partial charge in [0.25, 0.3) is 0 Å². The SMILES string of the molecule is N#CCc1c2c(nc3ccc(Br)cc13)CCCC2. The first-order chi connectivity index (χ1) is 8.79. The molecule has 0 saturated carbocycles. The molecule has 3 rings (SSSR count). The van der Waals surface area contributed by atoms with Gasteiger partial charge in [0.05, 0.1) is 18.0 Å². The first-order valence-electron chi connectivity index (χ1n) is 6.26. The predicted molar refractivity (Wildman–Crippen MR) is 75.4 cm³/mol. The van der Waals surface area contributed by atoms with E-state index in [2.05, 4.69) is 28.1 Å². The molecule has 1 aliphatic rings. The number of hydrogen-bond donors (Lipinski definition) is 0. The number of benzene rings is 1. The summed E-state index contributed by atoms with van der Waals surface area (Å²) in [5.41, 5.74) is 4.75. The van der Waals surface area contributed by atoms with Crippen molar-refractivity contribution in [3.63, 3.8) is 0 Å². The quantitative estimate of drug-likeness (QED) is 0.800. The average molecular weight is 301 g/mol. The van der Waals surface area contributed by atoms with Crippen LogP contribution in [0.1, 0.15) is 29.7 Å². The van der Waals surface area contributed by atoms with Crippen molar-refractivity contribution in [2.45, 2.75) is 32.1 Å². The molecule has 0 fully saturated rings. The van der Waals surface area contributed by atoms with Crippen LogP contribution in [0.5, 0.6) is 0 Å². The third-order valence-electron chi connectivity index (χ3n) is 3.60. The maximum Gasteiger partial charge on any atom is 0.0709 e. The number of rotatable bonds is 1. The van der Waals surface area contributed by atoms with Crippen molar-refractivity contribution in [1.29, 1.82) is 5.26 Å². The molecule has 2 nitrogen and oxygen atoms in total. The summed E-state index contributed by atoms with van der Waals surface area (Å²) in [4.78, 5) is 4.77. The largest absolute Gasteiger partial charge is 0.253 e. The van der Waals surface area contributed by atoms with Gasteiger partial charge in [-0.3, -0.25) is 4.98 Å². The minimum Gasteiger partial charge on any atom is -0.253 e. The van der Waals surface area contributed by atoms with Crippen molar-refractivity contribution in [3.05, 3.63) is 39.5 Å². The van der Waals surface area contributed by atoms with Gasteiger partial charge >= 0.3 is 0 Å².